The molecular weight excluding hydrogens is 300 g/mol. The van der Waals surface area contributed by atoms with E-state index in [1.54, 1.807) is 6.92 Å². The van der Waals surface area contributed by atoms with E-state index in [4.69, 9.17) is 34.8 Å². The van der Waals surface area contributed by atoms with Crippen molar-refractivity contribution >= 4 is 52.4 Å². The van der Waals surface area contributed by atoms with Crippen molar-refractivity contribution < 1.29 is 14.3 Å². The van der Waals surface area contributed by atoms with E-state index in [0.717, 1.165) is 0 Å². The van der Waals surface area contributed by atoms with Gasteiger partial charge in [0.1, 0.15) is 0 Å². The maximum Gasteiger partial charge on any atom is 0.306 e. The number of amides is 1. The lowest BCUT2D eigenvalue weighted by Gasteiger charge is -2.08. The average molecular weight is 311 g/mol. The third kappa shape index (κ3) is 4.37. The molecule has 1 rings (SSSR count). The molecule has 0 aliphatic carbocycles. The maximum atomic E-state index is 11.5. The third-order valence-corrected chi connectivity index (χ3v) is 2.97. The van der Waals surface area contributed by atoms with Gasteiger partial charge in [0.15, 0.2) is 6.61 Å². The van der Waals surface area contributed by atoms with Gasteiger partial charge in [-0.1, -0.05) is 41.7 Å². The Hall–Kier alpha value is -0.970. The Kier molecular flexibility index (Phi) is 5.72. The summed E-state index contributed by atoms with van der Waals surface area (Å²) in [7, 11) is 0. The molecule has 7 heteroatoms. The first-order chi connectivity index (χ1) is 8.43. The van der Waals surface area contributed by atoms with Gasteiger partial charge in [-0.3, -0.25) is 9.59 Å². The third-order valence-electron chi connectivity index (χ3n) is 1.94. The van der Waals surface area contributed by atoms with Gasteiger partial charge in [0.05, 0.1) is 20.8 Å². The molecular formula is C11H10Cl3NO3. The molecule has 0 fully saturated rings. The van der Waals surface area contributed by atoms with Crippen LogP contribution in [0.4, 0.5) is 5.69 Å². The largest absolute Gasteiger partial charge is 0.456 e. The van der Waals surface area contributed by atoms with Crippen LogP contribution in [0.15, 0.2) is 12.1 Å². The van der Waals surface area contributed by atoms with E-state index in [1.807, 2.05) is 0 Å². The molecule has 0 bridgehead atoms. The Morgan fingerprint density at radius 1 is 1.17 bits per heavy atom. The van der Waals surface area contributed by atoms with Crippen molar-refractivity contribution in [1.29, 1.82) is 0 Å². The van der Waals surface area contributed by atoms with Crippen LogP contribution in [-0.2, 0) is 14.3 Å². The van der Waals surface area contributed by atoms with Gasteiger partial charge in [0.2, 0.25) is 0 Å². The van der Waals surface area contributed by atoms with Gasteiger partial charge in [-0.2, -0.15) is 0 Å². The number of nitrogens with one attached hydrogen (secondary N) is 1. The quantitative estimate of drug-likeness (QED) is 0.683. The highest BCUT2D eigenvalue weighted by Crippen LogP contribution is 2.32. The molecule has 4 nitrogen and oxygen atoms in total. The zero-order valence-corrected chi connectivity index (χ0v) is 11.7. The second-order valence-corrected chi connectivity index (χ2v) is 4.53. The van der Waals surface area contributed by atoms with Crippen molar-refractivity contribution in [2.24, 2.45) is 0 Å². The Balaban J connectivity index is 2.65. The van der Waals surface area contributed by atoms with Crippen molar-refractivity contribution in [1.82, 2.24) is 0 Å². The van der Waals surface area contributed by atoms with Crippen LogP contribution in [0.2, 0.25) is 15.1 Å². The summed E-state index contributed by atoms with van der Waals surface area (Å²) in [6.45, 7) is 1.26. The monoisotopic (exact) mass is 309 g/mol. The number of carbonyl (C=O) groups is 2. The Labute approximate surface area is 119 Å². The number of hydrogen-bond acceptors (Lipinski definition) is 3. The summed E-state index contributed by atoms with van der Waals surface area (Å²) < 4.78 is 4.67. The number of carbonyl (C=O) groups excluding carboxylic acids is 2. The molecule has 0 aliphatic rings. The average Bonchev–Trinajstić information content (AvgIpc) is 2.33. The molecule has 0 unspecified atom stereocenters. The summed E-state index contributed by atoms with van der Waals surface area (Å²) in [5.41, 5.74) is 0.309. The number of benzene rings is 1. The van der Waals surface area contributed by atoms with Crippen molar-refractivity contribution in [2.45, 2.75) is 13.3 Å². The highest BCUT2D eigenvalue weighted by atomic mass is 35.5. The van der Waals surface area contributed by atoms with E-state index in [2.05, 4.69) is 10.1 Å². The van der Waals surface area contributed by atoms with Crippen molar-refractivity contribution in [3.8, 4) is 0 Å². The van der Waals surface area contributed by atoms with Gasteiger partial charge < -0.3 is 10.1 Å². The van der Waals surface area contributed by atoms with Gasteiger partial charge in [0.25, 0.3) is 5.91 Å². The molecule has 0 aromatic heterocycles. The first kappa shape index (κ1) is 15.1. The van der Waals surface area contributed by atoms with Gasteiger partial charge >= 0.3 is 5.97 Å². The standard InChI is InChI=1S/C11H10Cl3NO3/c1-2-11(17)18-5-10(16)15-9-4-7(13)6(12)3-8(9)14/h3-4H,2,5H2,1H3,(H,15,16). The predicted octanol–water partition coefficient (Wildman–Crippen LogP) is 3.54. The molecule has 98 valence electrons. The SMILES string of the molecule is CCC(=O)OCC(=O)Nc1cc(Cl)c(Cl)cc1Cl. The second kappa shape index (κ2) is 6.83. The number of ether oxygens (including phenoxy) is 1. The van der Waals surface area contributed by atoms with Crippen molar-refractivity contribution in [3.63, 3.8) is 0 Å². The Morgan fingerprint density at radius 3 is 2.39 bits per heavy atom. The van der Waals surface area contributed by atoms with E-state index in [0.29, 0.717) is 5.69 Å². The lowest BCUT2D eigenvalue weighted by atomic mass is 10.3. The van der Waals surface area contributed by atoms with Crippen molar-refractivity contribution in [2.75, 3.05) is 11.9 Å². The van der Waals surface area contributed by atoms with E-state index in [1.165, 1.54) is 12.1 Å². The molecule has 0 spiro atoms. The van der Waals surface area contributed by atoms with E-state index < -0.39 is 11.9 Å². The number of halogens is 3. The van der Waals surface area contributed by atoms with Gasteiger partial charge in [-0.15, -0.1) is 0 Å². The van der Waals surface area contributed by atoms with Crippen LogP contribution in [0, 0.1) is 0 Å². The van der Waals surface area contributed by atoms with Crippen LogP contribution in [0.3, 0.4) is 0 Å². The number of esters is 1. The summed E-state index contributed by atoms with van der Waals surface area (Å²) in [5, 5.41) is 3.27. The molecule has 0 aliphatic heterocycles. The van der Waals surface area contributed by atoms with Gasteiger partial charge in [-0.25, -0.2) is 0 Å². The van der Waals surface area contributed by atoms with Crippen LogP contribution in [0.5, 0.6) is 0 Å². The Bertz CT molecular complexity index is 477. The summed E-state index contributed by atoms with van der Waals surface area (Å²) in [4.78, 5) is 22.3. The normalized spacial score (nSPS) is 10.0. The molecule has 0 saturated heterocycles. The lowest BCUT2D eigenvalue weighted by molar-refractivity contribution is -0.146. The molecule has 1 aromatic rings. The van der Waals surface area contributed by atoms with E-state index in [9.17, 15) is 9.59 Å². The molecule has 1 N–H and O–H groups in total. The summed E-state index contributed by atoms with van der Waals surface area (Å²) >= 11 is 17.4. The fraction of sp³-hybridized carbons (Fsp3) is 0.273. The summed E-state index contributed by atoms with van der Waals surface area (Å²) in [6, 6.07) is 2.84. The number of anilines is 1. The zero-order chi connectivity index (χ0) is 13.7. The van der Waals surface area contributed by atoms with Crippen LogP contribution in [0.1, 0.15) is 13.3 Å². The fourth-order valence-electron chi connectivity index (χ4n) is 1.05. The van der Waals surface area contributed by atoms with Gasteiger partial charge in [0, 0.05) is 6.42 Å². The summed E-state index contributed by atoms with van der Waals surface area (Å²) in [6.07, 6.45) is 0.209. The van der Waals surface area contributed by atoms with Crippen LogP contribution in [-0.4, -0.2) is 18.5 Å². The maximum absolute atomic E-state index is 11.5. The van der Waals surface area contributed by atoms with Crippen LogP contribution >= 0.6 is 34.8 Å². The minimum atomic E-state index is -0.503. The lowest BCUT2D eigenvalue weighted by Crippen LogP contribution is -2.20. The van der Waals surface area contributed by atoms with Crippen LogP contribution in [0.25, 0.3) is 0 Å². The number of rotatable bonds is 4. The minimum Gasteiger partial charge on any atom is -0.456 e. The molecule has 0 radical (unpaired) electrons. The molecule has 0 heterocycles. The topological polar surface area (TPSA) is 55.4 Å². The minimum absolute atomic E-state index is 0.209. The zero-order valence-electron chi connectivity index (χ0n) is 9.43. The van der Waals surface area contributed by atoms with Crippen LogP contribution < -0.4 is 5.32 Å². The van der Waals surface area contributed by atoms with Gasteiger partial charge in [-0.05, 0) is 12.1 Å². The second-order valence-electron chi connectivity index (χ2n) is 3.31. The first-order valence-electron chi connectivity index (χ1n) is 5.04. The first-order valence-corrected chi connectivity index (χ1v) is 6.17. The van der Waals surface area contributed by atoms with E-state index in [-0.39, 0.29) is 28.1 Å². The highest BCUT2D eigenvalue weighted by Gasteiger charge is 2.10. The Morgan fingerprint density at radius 2 is 1.78 bits per heavy atom. The smallest absolute Gasteiger partial charge is 0.306 e. The van der Waals surface area contributed by atoms with Crippen molar-refractivity contribution in [3.05, 3.63) is 27.2 Å². The summed E-state index contributed by atoms with van der Waals surface area (Å²) in [5.74, 6) is -0.956. The highest BCUT2D eigenvalue weighted by molar-refractivity contribution is 6.44. The molecule has 18 heavy (non-hydrogen) atoms. The van der Waals surface area contributed by atoms with E-state index >= 15 is 0 Å². The molecule has 1 amide bonds. The molecule has 0 atom stereocenters. The fourth-order valence-corrected chi connectivity index (χ4v) is 1.65. The molecule has 0 saturated carbocycles. The number of hydrogen-bond donors (Lipinski definition) is 1. The molecule has 1 aromatic carbocycles. The predicted molar refractivity (Wildman–Crippen MR) is 71.4 cm³/mol.